The monoisotopic (exact) mass is 398 g/mol. The van der Waals surface area contributed by atoms with Crippen molar-refractivity contribution in [1.29, 1.82) is 0 Å². The van der Waals surface area contributed by atoms with Crippen LogP contribution in [0.3, 0.4) is 0 Å². The van der Waals surface area contributed by atoms with Crippen molar-refractivity contribution < 1.29 is 13.6 Å². The molecule has 0 aliphatic carbocycles. The molecule has 1 atom stereocenters. The first kappa shape index (κ1) is 18.0. The number of hydrogen-bond donors (Lipinski definition) is 2. The normalized spacial score (nSPS) is 15.6. The average molecular weight is 398 g/mol. The number of fused-ring (bicyclic) bond motifs is 3. The van der Waals surface area contributed by atoms with Gasteiger partial charge in [-0.15, -0.1) is 0 Å². The van der Waals surface area contributed by atoms with Gasteiger partial charge < -0.3 is 19.5 Å². The van der Waals surface area contributed by atoms with Gasteiger partial charge in [0.2, 0.25) is 0 Å². The maximum Gasteiger partial charge on any atom is 0.342 e. The average Bonchev–Trinajstić information content (AvgIpc) is 3.28. The molecule has 1 amide bonds. The summed E-state index contributed by atoms with van der Waals surface area (Å²) in [4.78, 5) is 26.3. The molecule has 2 aromatic carbocycles. The Balaban J connectivity index is 1.71. The van der Waals surface area contributed by atoms with Gasteiger partial charge in [-0.05, 0) is 43.3 Å². The molecular weight excluding hydrogens is 380 g/mol. The van der Waals surface area contributed by atoms with Crippen molar-refractivity contribution >= 4 is 28.3 Å². The summed E-state index contributed by atoms with van der Waals surface area (Å²) in [5.74, 6) is -0.510. The van der Waals surface area contributed by atoms with Crippen molar-refractivity contribution in [3.05, 3.63) is 106 Å². The van der Waals surface area contributed by atoms with Crippen LogP contribution in [-0.4, -0.2) is 5.91 Å². The molecule has 0 saturated carbocycles. The van der Waals surface area contributed by atoms with E-state index < -0.39 is 11.5 Å². The molecule has 0 saturated heterocycles. The van der Waals surface area contributed by atoms with E-state index in [1.807, 2.05) is 55.5 Å². The van der Waals surface area contributed by atoms with Crippen molar-refractivity contribution in [3.8, 4) is 0 Å². The van der Waals surface area contributed by atoms with Gasteiger partial charge in [0.05, 0.1) is 29.0 Å². The standard InChI is InChI=1S/C24H18N2O4/c1-14-19(23(27)26-15-8-3-2-4-9-15)20(18-12-7-13-29-18)21-22(25-14)16-10-5-6-11-17(16)30-24(21)28/h2-13,20,25H,1H3,(H,26,27). The fourth-order valence-electron chi connectivity index (χ4n) is 3.94. The highest BCUT2D eigenvalue weighted by Gasteiger charge is 2.37. The minimum atomic E-state index is -0.694. The molecule has 30 heavy (non-hydrogen) atoms. The number of carbonyl (C=O) groups excluding carboxylic acids is 1. The third kappa shape index (κ3) is 2.90. The van der Waals surface area contributed by atoms with E-state index in [0.29, 0.717) is 39.6 Å². The van der Waals surface area contributed by atoms with Crippen LogP contribution in [0.15, 0.2) is 97.9 Å². The fraction of sp³-hybridized carbons (Fsp3) is 0.0833. The number of nitrogens with one attached hydrogen (secondary N) is 2. The first-order chi connectivity index (χ1) is 14.6. The molecule has 1 aliphatic rings. The molecular formula is C24H18N2O4. The van der Waals surface area contributed by atoms with Crippen LogP contribution in [0.4, 0.5) is 11.4 Å². The van der Waals surface area contributed by atoms with E-state index in [4.69, 9.17) is 8.83 Å². The second kappa shape index (κ2) is 7.08. The molecule has 148 valence electrons. The quantitative estimate of drug-likeness (QED) is 0.482. The van der Waals surface area contributed by atoms with Gasteiger partial charge in [-0.1, -0.05) is 30.3 Å². The highest BCUT2D eigenvalue weighted by atomic mass is 16.4. The van der Waals surface area contributed by atoms with Crippen LogP contribution in [0.1, 0.15) is 24.2 Å². The number of allylic oxidation sites excluding steroid dienone is 1. The van der Waals surface area contributed by atoms with Gasteiger partial charge in [-0.2, -0.15) is 0 Å². The second-order valence-corrected chi connectivity index (χ2v) is 7.11. The smallest absolute Gasteiger partial charge is 0.342 e. The maximum absolute atomic E-state index is 13.3. The van der Waals surface area contributed by atoms with E-state index in [2.05, 4.69) is 10.6 Å². The summed E-state index contributed by atoms with van der Waals surface area (Å²) in [6.07, 6.45) is 1.53. The van der Waals surface area contributed by atoms with Gasteiger partial charge in [0.15, 0.2) is 0 Å². The molecule has 6 nitrogen and oxygen atoms in total. The van der Waals surface area contributed by atoms with Crippen LogP contribution in [0.25, 0.3) is 11.0 Å². The molecule has 1 unspecified atom stereocenters. The molecule has 0 spiro atoms. The Morgan fingerprint density at radius 3 is 2.53 bits per heavy atom. The highest BCUT2D eigenvalue weighted by molar-refractivity contribution is 6.08. The number of benzene rings is 2. The molecule has 1 aliphatic heterocycles. The van der Waals surface area contributed by atoms with Crippen LogP contribution >= 0.6 is 0 Å². The van der Waals surface area contributed by atoms with Gasteiger partial charge in [0, 0.05) is 16.8 Å². The molecule has 5 rings (SSSR count). The summed E-state index contributed by atoms with van der Waals surface area (Å²) in [5, 5.41) is 6.95. The van der Waals surface area contributed by atoms with E-state index in [1.54, 1.807) is 18.2 Å². The predicted octanol–water partition coefficient (Wildman–Crippen LogP) is 4.86. The summed E-state index contributed by atoms with van der Waals surface area (Å²) in [6.45, 7) is 1.82. The maximum atomic E-state index is 13.3. The number of para-hydroxylation sites is 2. The van der Waals surface area contributed by atoms with Crippen molar-refractivity contribution in [2.75, 3.05) is 10.6 Å². The number of rotatable bonds is 3. The van der Waals surface area contributed by atoms with Crippen molar-refractivity contribution in [3.63, 3.8) is 0 Å². The van der Waals surface area contributed by atoms with Gasteiger partial charge in [-0.3, -0.25) is 4.79 Å². The lowest BCUT2D eigenvalue weighted by atomic mass is 9.83. The summed E-state index contributed by atoms with van der Waals surface area (Å²) >= 11 is 0. The van der Waals surface area contributed by atoms with E-state index in [0.717, 1.165) is 5.39 Å². The second-order valence-electron chi connectivity index (χ2n) is 7.11. The van der Waals surface area contributed by atoms with Crippen LogP contribution < -0.4 is 16.3 Å². The Morgan fingerprint density at radius 2 is 1.77 bits per heavy atom. The third-order valence-electron chi connectivity index (χ3n) is 5.25. The van der Waals surface area contributed by atoms with Gasteiger partial charge in [0.25, 0.3) is 5.91 Å². The summed E-state index contributed by atoms with van der Waals surface area (Å²) in [6, 6.07) is 20.0. The van der Waals surface area contributed by atoms with E-state index in [9.17, 15) is 9.59 Å². The lowest BCUT2D eigenvalue weighted by Crippen LogP contribution is -2.30. The van der Waals surface area contributed by atoms with Crippen LogP contribution in [0, 0.1) is 0 Å². The van der Waals surface area contributed by atoms with E-state index in [-0.39, 0.29) is 5.91 Å². The molecule has 0 bridgehead atoms. The lowest BCUT2D eigenvalue weighted by Gasteiger charge is -2.28. The fourth-order valence-corrected chi connectivity index (χ4v) is 3.94. The summed E-state index contributed by atoms with van der Waals surface area (Å²) in [7, 11) is 0. The first-order valence-corrected chi connectivity index (χ1v) is 9.57. The Labute approximate surface area is 171 Å². The SMILES string of the molecule is CC1=C(C(=O)Nc2ccccc2)C(c2ccco2)c2c(c3ccccc3oc2=O)N1. The van der Waals surface area contributed by atoms with E-state index >= 15 is 0 Å². The number of hydrogen-bond acceptors (Lipinski definition) is 5. The highest BCUT2D eigenvalue weighted by Crippen LogP contribution is 2.43. The van der Waals surface area contributed by atoms with Gasteiger partial charge >= 0.3 is 5.63 Å². The zero-order valence-electron chi connectivity index (χ0n) is 16.1. The van der Waals surface area contributed by atoms with Gasteiger partial charge in [-0.25, -0.2) is 4.79 Å². The lowest BCUT2D eigenvalue weighted by molar-refractivity contribution is -0.113. The largest absolute Gasteiger partial charge is 0.468 e. The van der Waals surface area contributed by atoms with Crippen molar-refractivity contribution in [2.45, 2.75) is 12.8 Å². The predicted molar refractivity (Wildman–Crippen MR) is 114 cm³/mol. The number of amides is 1. The Kier molecular flexibility index (Phi) is 4.25. The minimum absolute atomic E-state index is 0.314. The molecule has 0 fully saturated rings. The van der Waals surface area contributed by atoms with Crippen molar-refractivity contribution in [1.82, 2.24) is 0 Å². The number of furan rings is 1. The zero-order chi connectivity index (χ0) is 20.7. The van der Waals surface area contributed by atoms with E-state index in [1.165, 1.54) is 6.26 Å². The summed E-state index contributed by atoms with van der Waals surface area (Å²) in [5.41, 5.74) is 2.69. The molecule has 3 heterocycles. The first-order valence-electron chi connectivity index (χ1n) is 9.57. The topological polar surface area (TPSA) is 84.5 Å². The molecule has 4 aromatic rings. The molecule has 6 heteroatoms. The Hall–Kier alpha value is -4.06. The number of anilines is 2. The van der Waals surface area contributed by atoms with Crippen LogP contribution in [0.2, 0.25) is 0 Å². The Morgan fingerprint density at radius 1 is 1.00 bits per heavy atom. The molecule has 2 aromatic heterocycles. The zero-order valence-corrected chi connectivity index (χ0v) is 16.1. The Bertz CT molecular complexity index is 1330. The van der Waals surface area contributed by atoms with Crippen LogP contribution in [-0.2, 0) is 4.79 Å². The minimum Gasteiger partial charge on any atom is -0.468 e. The number of carbonyl (C=O) groups is 1. The molecule has 2 N–H and O–H groups in total. The van der Waals surface area contributed by atoms with Crippen molar-refractivity contribution in [2.24, 2.45) is 0 Å². The van der Waals surface area contributed by atoms with Crippen LogP contribution in [0.5, 0.6) is 0 Å². The molecule has 0 radical (unpaired) electrons. The summed E-state index contributed by atoms with van der Waals surface area (Å²) < 4.78 is 11.2. The third-order valence-corrected chi connectivity index (χ3v) is 5.25. The van der Waals surface area contributed by atoms with Gasteiger partial charge in [0.1, 0.15) is 11.3 Å².